The lowest BCUT2D eigenvalue weighted by atomic mass is 10.0. The van der Waals surface area contributed by atoms with Crippen LogP contribution in [-0.2, 0) is 28.6 Å². The zero-order valence-electron chi connectivity index (χ0n) is 50.1. The fourth-order valence-electron chi connectivity index (χ4n) is 9.57. The summed E-state index contributed by atoms with van der Waals surface area (Å²) in [6.07, 6.45) is 81.0. The lowest BCUT2D eigenvalue weighted by molar-refractivity contribution is -0.167. The fraction of sp³-hybridized carbons (Fsp3) is 0.812. The first-order chi connectivity index (χ1) is 37.0. The number of hydrogen-bond acceptors (Lipinski definition) is 6. The van der Waals surface area contributed by atoms with Gasteiger partial charge in [-0.25, -0.2) is 0 Å². The van der Waals surface area contributed by atoms with Gasteiger partial charge in [0.2, 0.25) is 0 Å². The van der Waals surface area contributed by atoms with Gasteiger partial charge < -0.3 is 14.2 Å². The minimum Gasteiger partial charge on any atom is -0.462 e. The highest BCUT2D eigenvalue weighted by atomic mass is 16.6. The Morgan fingerprint density at radius 1 is 0.280 bits per heavy atom. The largest absolute Gasteiger partial charge is 0.462 e. The maximum absolute atomic E-state index is 12.9. The molecule has 436 valence electrons. The van der Waals surface area contributed by atoms with Gasteiger partial charge in [-0.15, -0.1) is 0 Å². The van der Waals surface area contributed by atoms with Crippen molar-refractivity contribution in [2.24, 2.45) is 0 Å². The molecule has 6 nitrogen and oxygen atoms in total. The van der Waals surface area contributed by atoms with E-state index in [1.54, 1.807) is 0 Å². The lowest BCUT2D eigenvalue weighted by Gasteiger charge is -2.18. The SMILES string of the molecule is CC/C=C\C/C=C\C/C=C\CCCCCC(=O)OCC(COC(=O)CCCCCCCCCCCCCCC/C=C\CCCCCCCCCC)OC(=O)CCCCCCCCCCC/C=C\CCCCCCCC. The van der Waals surface area contributed by atoms with Crippen molar-refractivity contribution in [3.8, 4) is 0 Å². The number of rotatable bonds is 60. The summed E-state index contributed by atoms with van der Waals surface area (Å²) >= 11 is 0. The summed E-state index contributed by atoms with van der Waals surface area (Å²) in [6.45, 7) is 6.54. The molecule has 0 saturated heterocycles. The van der Waals surface area contributed by atoms with Crippen molar-refractivity contribution in [2.75, 3.05) is 13.2 Å². The second-order valence-electron chi connectivity index (χ2n) is 22.0. The Bertz CT molecular complexity index is 1340. The van der Waals surface area contributed by atoms with Gasteiger partial charge in [0, 0.05) is 19.3 Å². The Balaban J connectivity index is 4.28. The molecule has 1 unspecified atom stereocenters. The van der Waals surface area contributed by atoms with Crippen LogP contribution in [0.3, 0.4) is 0 Å². The topological polar surface area (TPSA) is 78.9 Å². The van der Waals surface area contributed by atoms with Gasteiger partial charge >= 0.3 is 17.9 Å². The van der Waals surface area contributed by atoms with Crippen molar-refractivity contribution in [3.63, 3.8) is 0 Å². The molecule has 0 aromatic carbocycles. The number of esters is 3. The molecular formula is C69H124O6. The summed E-state index contributed by atoms with van der Waals surface area (Å²) in [7, 11) is 0. The summed E-state index contributed by atoms with van der Waals surface area (Å²) in [4.78, 5) is 38.3. The quantitative estimate of drug-likeness (QED) is 0.0261. The van der Waals surface area contributed by atoms with Crippen LogP contribution in [-0.4, -0.2) is 37.2 Å². The first-order valence-electron chi connectivity index (χ1n) is 32.8. The third-order valence-corrected chi connectivity index (χ3v) is 14.5. The van der Waals surface area contributed by atoms with Crippen LogP contribution in [0, 0.1) is 0 Å². The molecule has 0 spiro atoms. The highest BCUT2D eigenvalue weighted by molar-refractivity contribution is 5.71. The minimum atomic E-state index is -0.787. The standard InChI is InChI=1S/C69H124O6/c1-4-7-10-13-16-19-22-25-27-29-31-32-33-34-35-36-38-39-41-44-47-50-53-56-59-62-68(71)74-65-66(64-73-67(70)61-58-55-52-49-46-43-24-21-18-15-12-9-6-3)75-69(72)63-60-57-54-51-48-45-42-40-37-30-28-26-23-20-17-14-11-8-5-2/h9,12,18,21,26,28-29,31,43,46,66H,4-8,10-11,13-17,19-20,22-25,27,30,32-42,44-45,47-65H2,1-3H3/b12-9-,21-18-,28-26-,31-29-,46-43-. The maximum Gasteiger partial charge on any atom is 0.306 e. The first kappa shape index (κ1) is 72.1. The van der Waals surface area contributed by atoms with E-state index in [1.807, 2.05) is 0 Å². The number of unbranched alkanes of at least 4 members (excludes halogenated alkanes) is 39. The molecule has 0 amide bonds. The van der Waals surface area contributed by atoms with E-state index in [4.69, 9.17) is 14.2 Å². The van der Waals surface area contributed by atoms with E-state index in [0.717, 1.165) is 83.5 Å². The number of carbonyl (C=O) groups is 3. The van der Waals surface area contributed by atoms with Crippen molar-refractivity contribution in [1.29, 1.82) is 0 Å². The molecule has 75 heavy (non-hydrogen) atoms. The number of hydrogen-bond donors (Lipinski definition) is 0. The van der Waals surface area contributed by atoms with Gasteiger partial charge in [0.05, 0.1) is 0 Å². The van der Waals surface area contributed by atoms with Crippen LogP contribution in [0.2, 0.25) is 0 Å². The van der Waals surface area contributed by atoms with Crippen LogP contribution in [0.4, 0.5) is 0 Å². The van der Waals surface area contributed by atoms with Crippen molar-refractivity contribution in [2.45, 2.75) is 348 Å². The second kappa shape index (κ2) is 63.6. The molecule has 0 aromatic heterocycles. The predicted octanol–water partition coefficient (Wildman–Crippen LogP) is 22.3. The molecule has 1 atom stereocenters. The smallest absolute Gasteiger partial charge is 0.306 e. The Labute approximate surface area is 466 Å². The fourth-order valence-corrected chi connectivity index (χ4v) is 9.57. The summed E-state index contributed by atoms with van der Waals surface area (Å²) in [5.41, 5.74) is 0. The monoisotopic (exact) mass is 1050 g/mol. The van der Waals surface area contributed by atoms with Crippen molar-refractivity contribution < 1.29 is 28.6 Å². The lowest BCUT2D eigenvalue weighted by Crippen LogP contribution is -2.30. The van der Waals surface area contributed by atoms with E-state index in [1.165, 1.54) is 218 Å². The summed E-state index contributed by atoms with van der Waals surface area (Å²) in [5.74, 6) is -0.898. The highest BCUT2D eigenvalue weighted by Gasteiger charge is 2.19. The van der Waals surface area contributed by atoms with Crippen LogP contribution in [0.1, 0.15) is 342 Å². The van der Waals surface area contributed by atoms with Crippen LogP contribution in [0.5, 0.6) is 0 Å². The molecule has 0 radical (unpaired) electrons. The number of ether oxygens (including phenoxy) is 3. The Kier molecular flexibility index (Phi) is 61.2. The first-order valence-corrected chi connectivity index (χ1v) is 32.8. The summed E-state index contributed by atoms with van der Waals surface area (Å²) in [6, 6.07) is 0. The number of allylic oxidation sites excluding steroid dienone is 10. The molecule has 0 aliphatic carbocycles. The maximum atomic E-state index is 12.9. The summed E-state index contributed by atoms with van der Waals surface area (Å²) < 4.78 is 16.9. The van der Waals surface area contributed by atoms with E-state index in [9.17, 15) is 14.4 Å². The van der Waals surface area contributed by atoms with Gasteiger partial charge in [0.1, 0.15) is 13.2 Å². The zero-order valence-corrected chi connectivity index (χ0v) is 50.1. The van der Waals surface area contributed by atoms with E-state index in [0.29, 0.717) is 19.3 Å². The van der Waals surface area contributed by atoms with Gasteiger partial charge in [-0.3, -0.25) is 14.4 Å². The van der Waals surface area contributed by atoms with Crippen molar-refractivity contribution >= 4 is 17.9 Å². The van der Waals surface area contributed by atoms with Crippen LogP contribution in [0.15, 0.2) is 60.8 Å². The third-order valence-electron chi connectivity index (χ3n) is 14.5. The minimum absolute atomic E-state index is 0.0823. The van der Waals surface area contributed by atoms with Gasteiger partial charge in [-0.2, -0.15) is 0 Å². The molecule has 6 heteroatoms. The zero-order chi connectivity index (χ0) is 54.3. The second-order valence-corrected chi connectivity index (χ2v) is 22.0. The van der Waals surface area contributed by atoms with E-state index in [2.05, 4.69) is 81.5 Å². The van der Waals surface area contributed by atoms with E-state index < -0.39 is 6.10 Å². The van der Waals surface area contributed by atoms with Crippen molar-refractivity contribution in [3.05, 3.63) is 60.8 Å². The van der Waals surface area contributed by atoms with E-state index >= 15 is 0 Å². The molecule has 0 saturated carbocycles. The van der Waals surface area contributed by atoms with Crippen LogP contribution in [0.25, 0.3) is 0 Å². The predicted molar refractivity (Wildman–Crippen MR) is 325 cm³/mol. The average molecular weight is 1050 g/mol. The average Bonchev–Trinajstić information content (AvgIpc) is 3.41. The molecule has 0 aliphatic heterocycles. The Morgan fingerprint density at radius 3 is 0.840 bits per heavy atom. The Morgan fingerprint density at radius 2 is 0.520 bits per heavy atom. The third kappa shape index (κ3) is 61.8. The molecule has 0 fully saturated rings. The normalized spacial score (nSPS) is 12.4. The molecule has 0 bridgehead atoms. The van der Waals surface area contributed by atoms with Crippen LogP contribution < -0.4 is 0 Å². The van der Waals surface area contributed by atoms with Crippen LogP contribution >= 0.6 is 0 Å². The molecule has 0 aliphatic rings. The number of carbonyl (C=O) groups excluding carboxylic acids is 3. The molecule has 0 N–H and O–H groups in total. The van der Waals surface area contributed by atoms with Gasteiger partial charge in [0.25, 0.3) is 0 Å². The van der Waals surface area contributed by atoms with Gasteiger partial charge in [-0.1, -0.05) is 281 Å². The molecule has 0 aromatic rings. The highest BCUT2D eigenvalue weighted by Crippen LogP contribution is 2.17. The Hall–Kier alpha value is -2.89. The van der Waals surface area contributed by atoms with Gasteiger partial charge in [-0.05, 0) is 103 Å². The molecular weight excluding hydrogens is 925 g/mol. The van der Waals surface area contributed by atoms with E-state index in [-0.39, 0.29) is 31.1 Å². The van der Waals surface area contributed by atoms with Crippen molar-refractivity contribution in [1.82, 2.24) is 0 Å². The summed E-state index contributed by atoms with van der Waals surface area (Å²) in [5, 5.41) is 0. The molecule has 0 heterocycles. The molecule has 0 rings (SSSR count). The van der Waals surface area contributed by atoms with Gasteiger partial charge in [0.15, 0.2) is 6.10 Å².